The fourth-order valence-corrected chi connectivity index (χ4v) is 1.19. The second kappa shape index (κ2) is 6.69. The van der Waals surface area contributed by atoms with Gasteiger partial charge in [-0.1, -0.05) is 52.4 Å². The maximum atomic E-state index is 3.90. The normalized spacial score (nSPS) is 13.9. The van der Waals surface area contributed by atoms with Gasteiger partial charge in [-0.25, -0.2) is 0 Å². The molecule has 0 aromatic rings. The van der Waals surface area contributed by atoms with E-state index in [0.29, 0.717) is 0 Å². The summed E-state index contributed by atoms with van der Waals surface area (Å²) in [6.45, 7) is 10.8. The highest BCUT2D eigenvalue weighted by molar-refractivity contribution is 4.55. The summed E-state index contributed by atoms with van der Waals surface area (Å²) in [5, 5.41) is 0. The molecule has 0 nitrogen and oxygen atoms in total. The molecule has 0 spiro atoms. The van der Waals surface area contributed by atoms with Gasteiger partial charge in [-0.3, -0.25) is 0 Å². The molecule has 0 saturated carbocycles. The Labute approximate surface area is 72.4 Å². The predicted octanol–water partition coefficient (Wildman–Crippen LogP) is 4.06. The maximum absolute atomic E-state index is 3.90. The highest BCUT2D eigenvalue weighted by atomic mass is 14.0. The van der Waals surface area contributed by atoms with E-state index in [9.17, 15) is 0 Å². The molecule has 1 atom stereocenters. The Morgan fingerprint density at radius 2 is 1.55 bits per heavy atom. The van der Waals surface area contributed by atoms with Crippen LogP contribution in [-0.4, -0.2) is 0 Å². The fourth-order valence-electron chi connectivity index (χ4n) is 1.19. The van der Waals surface area contributed by atoms with Crippen molar-refractivity contribution in [3.8, 4) is 0 Å². The smallest absolute Gasteiger partial charge is 0.0471 e. The predicted molar refractivity (Wildman–Crippen MR) is 52.4 cm³/mol. The molecule has 0 rings (SSSR count). The molecule has 0 aliphatic heterocycles. The van der Waals surface area contributed by atoms with E-state index in [2.05, 4.69) is 27.7 Å². The molecule has 11 heavy (non-hydrogen) atoms. The Balaban J connectivity index is 3.01. The SMILES string of the molecule is [CH2-]CC(C)CCCCC(C)C. The van der Waals surface area contributed by atoms with Crippen molar-refractivity contribution in [1.82, 2.24) is 0 Å². The summed E-state index contributed by atoms with van der Waals surface area (Å²) in [6.07, 6.45) is 6.67. The van der Waals surface area contributed by atoms with Crippen LogP contribution >= 0.6 is 0 Å². The van der Waals surface area contributed by atoms with Crippen LogP contribution in [0.4, 0.5) is 0 Å². The molecule has 0 heterocycles. The molecule has 0 aliphatic carbocycles. The van der Waals surface area contributed by atoms with Crippen LogP contribution in [0.25, 0.3) is 0 Å². The molecule has 0 radical (unpaired) electrons. The molecule has 0 aromatic carbocycles. The van der Waals surface area contributed by atoms with E-state index in [0.717, 1.165) is 18.3 Å². The average Bonchev–Trinajstić information content (AvgIpc) is 1.97. The molecule has 1 unspecified atom stereocenters. The lowest BCUT2D eigenvalue weighted by molar-refractivity contribution is 0.465. The molecule has 0 fully saturated rings. The van der Waals surface area contributed by atoms with E-state index >= 15 is 0 Å². The van der Waals surface area contributed by atoms with Gasteiger partial charge in [0, 0.05) is 0 Å². The van der Waals surface area contributed by atoms with Gasteiger partial charge in [0.2, 0.25) is 0 Å². The highest BCUT2D eigenvalue weighted by Crippen LogP contribution is 2.14. The van der Waals surface area contributed by atoms with Gasteiger partial charge in [-0.2, -0.15) is 6.42 Å². The summed E-state index contributed by atoms with van der Waals surface area (Å²) in [5.74, 6) is 1.72. The molecule has 0 aliphatic rings. The van der Waals surface area contributed by atoms with Gasteiger partial charge in [0.05, 0.1) is 0 Å². The van der Waals surface area contributed by atoms with Crippen LogP contribution in [0, 0.1) is 18.8 Å². The van der Waals surface area contributed by atoms with Gasteiger partial charge in [-0.05, 0) is 5.92 Å². The minimum atomic E-state index is 0.835. The first kappa shape index (κ1) is 11.0. The zero-order valence-corrected chi connectivity index (χ0v) is 8.40. The summed E-state index contributed by atoms with van der Waals surface area (Å²) in [7, 11) is 0. The molecule has 0 aromatic heterocycles. The molecule has 68 valence electrons. The van der Waals surface area contributed by atoms with E-state index in [4.69, 9.17) is 0 Å². The van der Waals surface area contributed by atoms with Crippen LogP contribution in [0.1, 0.15) is 52.9 Å². The van der Waals surface area contributed by atoms with Crippen molar-refractivity contribution in [1.29, 1.82) is 0 Å². The Hall–Kier alpha value is 0. The highest BCUT2D eigenvalue weighted by Gasteiger charge is 1.96. The number of hydrogen-bond donors (Lipinski definition) is 0. The van der Waals surface area contributed by atoms with E-state index in [1.54, 1.807) is 0 Å². The number of unbranched alkanes of at least 4 members (excludes halogenated alkanes) is 1. The maximum Gasteiger partial charge on any atom is -0.0471 e. The second-order valence-electron chi connectivity index (χ2n) is 4.07. The third kappa shape index (κ3) is 7.90. The third-order valence-electron chi connectivity index (χ3n) is 2.22. The Bertz CT molecular complexity index is 74.1. The van der Waals surface area contributed by atoms with E-state index in [1.807, 2.05) is 0 Å². The van der Waals surface area contributed by atoms with Crippen molar-refractivity contribution < 1.29 is 0 Å². The summed E-state index contributed by atoms with van der Waals surface area (Å²) < 4.78 is 0. The third-order valence-corrected chi connectivity index (χ3v) is 2.22. The monoisotopic (exact) mass is 155 g/mol. The van der Waals surface area contributed by atoms with Crippen LogP contribution < -0.4 is 0 Å². The average molecular weight is 155 g/mol. The van der Waals surface area contributed by atoms with E-state index < -0.39 is 0 Å². The quantitative estimate of drug-likeness (QED) is 0.401. The second-order valence-corrected chi connectivity index (χ2v) is 4.07. The topological polar surface area (TPSA) is 0 Å². The number of hydrogen-bond acceptors (Lipinski definition) is 0. The Morgan fingerprint density at radius 3 is 2.00 bits per heavy atom. The van der Waals surface area contributed by atoms with Gasteiger partial charge in [-0.15, -0.1) is 0 Å². The minimum Gasteiger partial charge on any atom is -0.343 e. The van der Waals surface area contributed by atoms with Crippen molar-refractivity contribution in [2.45, 2.75) is 52.9 Å². The Morgan fingerprint density at radius 1 is 1.00 bits per heavy atom. The molecular formula is C11H23-. The molecule has 0 bridgehead atoms. The molecule has 0 amide bonds. The first-order valence-electron chi connectivity index (χ1n) is 4.96. The largest absolute Gasteiger partial charge is 0.343 e. The fraction of sp³-hybridized carbons (Fsp3) is 0.909. The lowest BCUT2D eigenvalue weighted by Crippen LogP contribution is -1.93. The zero-order chi connectivity index (χ0) is 8.69. The van der Waals surface area contributed by atoms with Crippen LogP contribution in [0.2, 0.25) is 0 Å². The van der Waals surface area contributed by atoms with Crippen molar-refractivity contribution in [3.05, 3.63) is 6.92 Å². The zero-order valence-electron chi connectivity index (χ0n) is 8.40. The minimum absolute atomic E-state index is 0.835. The van der Waals surface area contributed by atoms with E-state index in [1.165, 1.54) is 25.7 Å². The summed E-state index contributed by atoms with van der Waals surface area (Å²) in [5.41, 5.74) is 0. The lowest BCUT2D eigenvalue weighted by atomic mass is 9.98. The summed E-state index contributed by atoms with van der Waals surface area (Å²) in [6, 6.07) is 0. The lowest BCUT2D eigenvalue weighted by Gasteiger charge is -2.11. The van der Waals surface area contributed by atoms with Crippen LogP contribution in [0.3, 0.4) is 0 Å². The van der Waals surface area contributed by atoms with Crippen molar-refractivity contribution in [2.75, 3.05) is 0 Å². The standard InChI is InChI=1S/C11H23/c1-5-11(4)9-7-6-8-10(2)3/h10-11H,1,5-9H2,2-4H3/q-1. The Kier molecular flexibility index (Phi) is 6.69. The van der Waals surface area contributed by atoms with Crippen LogP contribution in [0.15, 0.2) is 0 Å². The first-order valence-corrected chi connectivity index (χ1v) is 4.96. The number of rotatable bonds is 6. The van der Waals surface area contributed by atoms with Crippen LogP contribution in [-0.2, 0) is 0 Å². The van der Waals surface area contributed by atoms with Gasteiger partial charge in [0.1, 0.15) is 0 Å². The van der Waals surface area contributed by atoms with Gasteiger partial charge >= 0.3 is 0 Å². The van der Waals surface area contributed by atoms with E-state index in [-0.39, 0.29) is 0 Å². The van der Waals surface area contributed by atoms with Gasteiger partial charge in [0.25, 0.3) is 0 Å². The summed E-state index contributed by atoms with van der Waals surface area (Å²) >= 11 is 0. The molecular weight excluding hydrogens is 132 g/mol. The first-order chi connectivity index (χ1) is 5.16. The molecule has 0 N–H and O–H groups in total. The van der Waals surface area contributed by atoms with Gasteiger partial charge in [0.15, 0.2) is 0 Å². The molecule has 0 saturated heterocycles. The van der Waals surface area contributed by atoms with Crippen LogP contribution in [0.5, 0.6) is 0 Å². The molecule has 0 heteroatoms. The van der Waals surface area contributed by atoms with Crippen molar-refractivity contribution >= 4 is 0 Å². The van der Waals surface area contributed by atoms with Gasteiger partial charge < -0.3 is 6.92 Å². The summed E-state index contributed by atoms with van der Waals surface area (Å²) in [4.78, 5) is 0. The van der Waals surface area contributed by atoms with Crippen molar-refractivity contribution in [3.63, 3.8) is 0 Å². The van der Waals surface area contributed by atoms with Crippen molar-refractivity contribution in [2.24, 2.45) is 11.8 Å².